The van der Waals surface area contributed by atoms with E-state index in [2.05, 4.69) is 43.4 Å². The molecule has 2 aliphatic heterocycles. The summed E-state index contributed by atoms with van der Waals surface area (Å²) in [5.41, 5.74) is 4.50. The van der Waals surface area contributed by atoms with Crippen LogP contribution in [0.1, 0.15) is 95.3 Å². The Labute approximate surface area is 311 Å². The van der Waals surface area contributed by atoms with Crippen molar-refractivity contribution in [1.82, 2.24) is 14.5 Å². The number of amides is 2. The van der Waals surface area contributed by atoms with Gasteiger partial charge in [0, 0.05) is 55.4 Å². The van der Waals surface area contributed by atoms with Gasteiger partial charge in [0.2, 0.25) is 0 Å². The average Bonchev–Trinajstić information content (AvgIpc) is 3.89. The standard InChI is InChI=1S/C40H48ClN5O5S/c1-25-6-4-8-35(50-3)31-14-11-29(31)20-46-23-40(17-5-7-27-18-30(41)13-15-33(27)40)24-51-36-16-12-28(19-34(36)46)38(47)43-52(49,22-25)44-39(48)32-21-45(2)42-37(32)26-9-10-26/h4,8,12-13,15-16,18-19,21,25-26,29,31,35H,5-7,9-11,14,17,20,22-24H2,1-3H3,(H,43,44,47,48,49)/b8-4-/t25-,29-,31+,35-,40-,52?/m0/s1. The zero-order valence-electron chi connectivity index (χ0n) is 30.2. The van der Waals surface area contributed by atoms with Gasteiger partial charge in [-0.25, -0.2) is 4.21 Å². The summed E-state index contributed by atoms with van der Waals surface area (Å²) in [4.78, 5) is 30.2. The van der Waals surface area contributed by atoms with Gasteiger partial charge in [-0.05, 0) is 111 Å². The third-order valence-electron chi connectivity index (χ3n) is 11.8. The number of benzene rings is 2. The molecule has 2 aromatic carbocycles. The first-order chi connectivity index (χ1) is 25.0. The van der Waals surface area contributed by atoms with E-state index < -0.39 is 21.7 Å². The van der Waals surface area contributed by atoms with E-state index in [1.807, 2.05) is 25.1 Å². The predicted octanol–water partition coefficient (Wildman–Crippen LogP) is 7.01. The van der Waals surface area contributed by atoms with Gasteiger partial charge in [-0.3, -0.25) is 19.0 Å². The van der Waals surface area contributed by atoms with Crippen molar-refractivity contribution >= 4 is 39.0 Å². The summed E-state index contributed by atoms with van der Waals surface area (Å²) in [6, 6.07) is 11.6. The van der Waals surface area contributed by atoms with Crippen LogP contribution < -0.4 is 14.4 Å². The van der Waals surface area contributed by atoms with E-state index in [1.54, 1.807) is 31.1 Å². The number of aryl methyl sites for hydroxylation is 2. The van der Waals surface area contributed by atoms with Crippen LogP contribution in [0.15, 0.2) is 59.1 Å². The molecule has 1 aromatic heterocycles. The van der Waals surface area contributed by atoms with Gasteiger partial charge in [-0.1, -0.05) is 36.7 Å². The number of nitrogens with one attached hydrogen (secondary N) is 1. The molecule has 0 radical (unpaired) electrons. The highest BCUT2D eigenvalue weighted by Crippen LogP contribution is 2.47. The third kappa shape index (κ3) is 6.92. The summed E-state index contributed by atoms with van der Waals surface area (Å²) in [7, 11) is 0.00628. The Bertz CT molecular complexity index is 2050. The molecule has 2 bridgehead atoms. The maximum atomic E-state index is 14.7. The number of aromatic nitrogens is 2. The van der Waals surface area contributed by atoms with E-state index in [0.717, 1.165) is 68.7 Å². The number of anilines is 1. The van der Waals surface area contributed by atoms with Crippen LogP contribution in [0.3, 0.4) is 0 Å². The van der Waals surface area contributed by atoms with Crippen LogP contribution in [0.25, 0.3) is 0 Å². The SMILES string of the molecule is CO[C@H]1/C=C\C[C@H](C)CS(=O)(NC(=O)c2cn(C)nc2C2CC2)=NC(=O)c2ccc3c(c2)N(C[C@@H]2CC[C@H]21)C[C@@]1(CCCc2cc(Cl)ccc21)CO3. The molecule has 2 amide bonds. The van der Waals surface area contributed by atoms with Gasteiger partial charge >= 0.3 is 0 Å². The van der Waals surface area contributed by atoms with E-state index in [-0.39, 0.29) is 29.1 Å². The molecule has 276 valence electrons. The summed E-state index contributed by atoms with van der Waals surface area (Å²) in [5.74, 6) is 0.382. The molecular weight excluding hydrogens is 698 g/mol. The third-order valence-corrected chi connectivity index (χ3v) is 14.1. The lowest BCUT2D eigenvalue weighted by molar-refractivity contribution is 0.0131. The average molecular weight is 746 g/mol. The van der Waals surface area contributed by atoms with Gasteiger partial charge in [0.1, 0.15) is 15.7 Å². The molecule has 0 saturated heterocycles. The molecule has 6 atom stereocenters. The second-order valence-electron chi connectivity index (χ2n) is 15.8. The van der Waals surface area contributed by atoms with Crippen molar-refractivity contribution in [2.75, 3.05) is 37.5 Å². The number of halogens is 1. The number of carbonyl (C=O) groups excluding carboxylic acids is 2. The number of rotatable bonds is 4. The van der Waals surface area contributed by atoms with Gasteiger partial charge in [0.25, 0.3) is 11.8 Å². The molecule has 3 heterocycles. The Balaban J connectivity index is 1.19. The number of fused-ring (bicyclic) bond motifs is 4. The highest BCUT2D eigenvalue weighted by molar-refractivity contribution is 7.92. The quantitative estimate of drug-likeness (QED) is 0.286. The fourth-order valence-electron chi connectivity index (χ4n) is 8.91. The molecule has 3 aliphatic carbocycles. The second kappa shape index (κ2) is 14.0. The van der Waals surface area contributed by atoms with Crippen molar-refractivity contribution in [3.63, 3.8) is 0 Å². The largest absolute Gasteiger partial charge is 0.490 e. The predicted molar refractivity (Wildman–Crippen MR) is 203 cm³/mol. The van der Waals surface area contributed by atoms with Gasteiger partial charge in [-0.2, -0.15) is 5.10 Å². The second-order valence-corrected chi connectivity index (χ2v) is 18.2. The highest BCUT2D eigenvalue weighted by Gasteiger charge is 2.44. The molecule has 2 saturated carbocycles. The Morgan fingerprint density at radius 3 is 2.77 bits per heavy atom. The van der Waals surface area contributed by atoms with Crippen molar-refractivity contribution < 1.29 is 23.3 Å². The zero-order chi connectivity index (χ0) is 36.2. The Hall–Kier alpha value is -3.67. The first-order valence-corrected chi connectivity index (χ1v) is 20.7. The molecular formula is C40H48ClN5O5S. The zero-order valence-corrected chi connectivity index (χ0v) is 31.8. The van der Waals surface area contributed by atoms with Gasteiger partial charge in [0.05, 0.1) is 35.4 Å². The van der Waals surface area contributed by atoms with Crippen LogP contribution in [-0.4, -0.2) is 64.5 Å². The van der Waals surface area contributed by atoms with Gasteiger partial charge in [-0.15, -0.1) is 4.36 Å². The van der Waals surface area contributed by atoms with Crippen LogP contribution in [0.5, 0.6) is 5.75 Å². The number of methoxy groups -OCH3 is 1. The summed E-state index contributed by atoms with van der Waals surface area (Å²) in [5, 5.41) is 5.26. The molecule has 10 nitrogen and oxygen atoms in total. The molecule has 2 fully saturated rings. The van der Waals surface area contributed by atoms with E-state index >= 15 is 0 Å². The van der Waals surface area contributed by atoms with Crippen LogP contribution >= 0.6 is 11.6 Å². The van der Waals surface area contributed by atoms with Crippen LogP contribution in [0.2, 0.25) is 5.02 Å². The van der Waals surface area contributed by atoms with Crippen LogP contribution in [0, 0.1) is 17.8 Å². The lowest BCUT2D eigenvalue weighted by atomic mass is 9.68. The summed E-state index contributed by atoms with van der Waals surface area (Å²) < 4.78 is 36.1. The first-order valence-electron chi connectivity index (χ1n) is 18.7. The number of allylic oxidation sites excluding steroid dienone is 1. The number of nitrogens with zero attached hydrogens (tertiary/aromatic N) is 4. The van der Waals surface area contributed by atoms with Gasteiger partial charge in [0.15, 0.2) is 0 Å². The lowest BCUT2D eigenvalue weighted by Crippen LogP contribution is -2.49. The van der Waals surface area contributed by atoms with Crippen molar-refractivity contribution in [3.05, 3.63) is 87.7 Å². The molecule has 1 spiro atoms. The van der Waals surface area contributed by atoms with Gasteiger partial charge < -0.3 is 14.4 Å². The molecule has 1 N–H and O–H groups in total. The lowest BCUT2D eigenvalue weighted by Gasteiger charge is -2.46. The summed E-state index contributed by atoms with van der Waals surface area (Å²) in [6.45, 7) is 3.98. The molecule has 1 unspecified atom stereocenters. The topological polar surface area (TPSA) is 115 Å². The van der Waals surface area contributed by atoms with Crippen molar-refractivity contribution in [2.45, 2.75) is 75.7 Å². The van der Waals surface area contributed by atoms with E-state index in [1.165, 1.54) is 11.1 Å². The summed E-state index contributed by atoms with van der Waals surface area (Å²) >= 11 is 6.47. The molecule has 12 heteroatoms. The molecule has 8 rings (SSSR count). The smallest absolute Gasteiger partial charge is 0.286 e. The summed E-state index contributed by atoms with van der Waals surface area (Å²) in [6.07, 6.45) is 13.5. The number of hydrogen-bond donors (Lipinski definition) is 1. The monoisotopic (exact) mass is 745 g/mol. The maximum Gasteiger partial charge on any atom is 0.286 e. The molecule has 5 aliphatic rings. The van der Waals surface area contributed by atoms with Crippen molar-refractivity contribution in [3.8, 4) is 5.75 Å². The Morgan fingerprint density at radius 1 is 1.15 bits per heavy atom. The minimum Gasteiger partial charge on any atom is -0.490 e. The van der Waals surface area contributed by atoms with E-state index in [4.69, 9.17) is 21.1 Å². The van der Waals surface area contributed by atoms with Crippen LogP contribution in [0.4, 0.5) is 5.69 Å². The minimum atomic E-state index is -3.54. The maximum absolute atomic E-state index is 14.7. The molecule has 52 heavy (non-hydrogen) atoms. The number of hydrogen-bond acceptors (Lipinski definition) is 7. The minimum absolute atomic E-state index is 0.0175. The Morgan fingerprint density at radius 2 is 2.00 bits per heavy atom. The number of ether oxygens (including phenoxy) is 2. The van der Waals surface area contributed by atoms with E-state index in [9.17, 15) is 13.8 Å². The first kappa shape index (κ1) is 35.4. The van der Waals surface area contributed by atoms with Crippen molar-refractivity contribution in [2.24, 2.45) is 29.2 Å². The van der Waals surface area contributed by atoms with Crippen molar-refractivity contribution in [1.29, 1.82) is 0 Å². The highest BCUT2D eigenvalue weighted by atomic mass is 35.5. The van der Waals surface area contributed by atoms with Crippen LogP contribution in [-0.2, 0) is 33.5 Å². The Kier molecular flexibility index (Phi) is 9.49. The normalized spacial score (nSPS) is 30.9. The fourth-order valence-corrected chi connectivity index (χ4v) is 11.0. The molecule has 3 aromatic rings. The fraction of sp³-hybridized carbons (Fsp3) is 0.525. The van der Waals surface area contributed by atoms with E-state index in [0.29, 0.717) is 47.4 Å². The number of carbonyl (C=O) groups is 2.